The molecule has 1 aliphatic rings. The second-order valence-corrected chi connectivity index (χ2v) is 10.5. The Bertz CT molecular complexity index is 1730. The van der Waals surface area contributed by atoms with Crippen molar-refractivity contribution < 1.29 is 23.8 Å². The van der Waals surface area contributed by atoms with Crippen LogP contribution in [0, 0.1) is 0 Å². The van der Waals surface area contributed by atoms with E-state index in [4.69, 9.17) is 14.2 Å². The molecule has 1 aliphatic heterocycles. The first-order valence-electron chi connectivity index (χ1n) is 13.0. The standard InChI is InChI=1S/C32H27N3O5S/c1-38-21-12-8-19(9-13-21)29-28(30(36)34-32-33-26-17-16-23(40-3)18-27(26)41-32)24-6-4-5-7-25(24)31(37)35(29)20-10-14-22(39-2)15-11-20/h4-18,28-29H,1-3H3,(H,33,34,36)/t28-,29-/m1/s1. The maximum Gasteiger partial charge on any atom is 0.259 e. The molecule has 41 heavy (non-hydrogen) atoms. The summed E-state index contributed by atoms with van der Waals surface area (Å²) in [6, 6.07) is 27.0. The number of carbonyl (C=O) groups excluding carboxylic acids is 2. The van der Waals surface area contributed by atoms with Crippen molar-refractivity contribution in [1.29, 1.82) is 0 Å². The monoisotopic (exact) mass is 565 g/mol. The van der Waals surface area contributed by atoms with E-state index in [9.17, 15) is 9.59 Å². The number of anilines is 2. The molecule has 0 fully saturated rings. The first-order valence-corrected chi connectivity index (χ1v) is 13.8. The number of thiazole rings is 1. The Labute approximate surface area is 241 Å². The predicted molar refractivity (Wildman–Crippen MR) is 160 cm³/mol. The molecule has 0 saturated carbocycles. The maximum atomic E-state index is 14.3. The quantitative estimate of drug-likeness (QED) is 0.244. The number of rotatable bonds is 7. The fraction of sp³-hybridized carbons (Fsp3) is 0.156. The number of ether oxygens (including phenoxy) is 3. The Kier molecular flexibility index (Phi) is 7.03. The molecule has 4 aromatic carbocycles. The Morgan fingerprint density at radius 2 is 1.46 bits per heavy atom. The summed E-state index contributed by atoms with van der Waals surface area (Å²) in [7, 11) is 4.80. The highest BCUT2D eigenvalue weighted by molar-refractivity contribution is 7.22. The number of nitrogens with one attached hydrogen (secondary N) is 1. The average Bonchev–Trinajstić information content (AvgIpc) is 3.42. The average molecular weight is 566 g/mol. The van der Waals surface area contributed by atoms with Gasteiger partial charge in [0.15, 0.2) is 5.13 Å². The molecular weight excluding hydrogens is 538 g/mol. The minimum atomic E-state index is -0.735. The van der Waals surface area contributed by atoms with E-state index in [1.54, 1.807) is 44.4 Å². The van der Waals surface area contributed by atoms with Crippen molar-refractivity contribution in [2.75, 3.05) is 31.5 Å². The Balaban J connectivity index is 1.48. The van der Waals surface area contributed by atoms with E-state index in [2.05, 4.69) is 10.3 Å². The lowest BCUT2D eigenvalue weighted by atomic mass is 9.79. The third-order valence-electron chi connectivity index (χ3n) is 7.26. The van der Waals surface area contributed by atoms with E-state index >= 15 is 0 Å². The first-order chi connectivity index (χ1) is 20.0. The van der Waals surface area contributed by atoms with Crippen molar-refractivity contribution in [3.8, 4) is 17.2 Å². The van der Waals surface area contributed by atoms with Gasteiger partial charge in [0.1, 0.15) is 17.2 Å². The summed E-state index contributed by atoms with van der Waals surface area (Å²) in [5.41, 5.74) is 3.33. The van der Waals surface area contributed by atoms with Crippen molar-refractivity contribution in [3.63, 3.8) is 0 Å². The number of amides is 2. The van der Waals surface area contributed by atoms with Crippen LogP contribution in [0.3, 0.4) is 0 Å². The van der Waals surface area contributed by atoms with E-state index in [1.807, 2.05) is 72.8 Å². The topological polar surface area (TPSA) is 90.0 Å². The van der Waals surface area contributed by atoms with Gasteiger partial charge in [0.2, 0.25) is 5.91 Å². The molecule has 6 rings (SSSR count). The van der Waals surface area contributed by atoms with Gasteiger partial charge in [-0.25, -0.2) is 4.98 Å². The summed E-state index contributed by atoms with van der Waals surface area (Å²) in [5, 5.41) is 3.52. The van der Waals surface area contributed by atoms with Crippen LogP contribution in [-0.4, -0.2) is 38.1 Å². The van der Waals surface area contributed by atoms with Gasteiger partial charge in [-0.3, -0.25) is 14.5 Å². The molecule has 0 saturated heterocycles. The zero-order valence-corrected chi connectivity index (χ0v) is 23.5. The van der Waals surface area contributed by atoms with Gasteiger partial charge >= 0.3 is 0 Å². The minimum absolute atomic E-state index is 0.192. The number of benzene rings is 4. The highest BCUT2D eigenvalue weighted by atomic mass is 32.1. The fourth-order valence-corrected chi connectivity index (χ4v) is 6.15. The Hall–Kier alpha value is -4.89. The van der Waals surface area contributed by atoms with Crippen LogP contribution >= 0.6 is 11.3 Å². The first kappa shape index (κ1) is 26.3. The van der Waals surface area contributed by atoms with Crippen LogP contribution in [-0.2, 0) is 4.79 Å². The smallest absolute Gasteiger partial charge is 0.259 e. The molecule has 0 unspecified atom stereocenters. The molecule has 0 aliphatic carbocycles. The van der Waals surface area contributed by atoms with Gasteiger partial charge in [-0.2, -0.15) is 0 Å². The number of hydrogen-bond donors (Lipinski definition) is 1. The molecule has 8 nitrogen and oxygen atoms in total. The summed E-state index contributed by atoms with van der Waals surface area (Å²) in [5.74, 6) is 0.868. The third kappa shape index (κ3) is 4.85. The van der Waals surface area contributed by atoms with E-state index in [0.717, 1.165) is 15.8 Å². The van der Waals surface area contributed by atoms with Gasteiger partial charge in [0, 0.05) is 11.3 Å². The number of aromatic nitrogens is 1. The number of methoxy groups -OCH3 is 3. The summed E-state index contributed by atoms with van der Waals surface area (Å²) >= 11 is 1.37. The van der Waals surface area contributed by atoms with Gasteiger partial charge in [-0.15, -0.1) is 0 Å². The molecular formula is C32H27N3O5S. The SMILES string of the molecule is COc1ccc([C@@H]2[C@H](C(=O)Nc3nc4ccc(OC)cc4s3)c3ccccc3C(=O)N2c2ccc(OC)cc2)cc1. The molecule has 0 bridgehead atoms. The number of fused-ring (bicyclic) bond motifs is 2. The van der Waals surface area contributed by atoms with Crippen molar-refractivity contribution in [2.24, 2.45) is 0 Å². The van der Waals surface area contributed by atoms with Crippen molar-refractivity contribution in [1.82, 2.24) is 4.98 Å². The van der Waals surface area contributed by atoms with Crippen LogP contribution in [0.2, 0.25) is 0 Å². The Morgan fingerprint density at radius 3 is 2.15 bits per heavy atom. The number of carbonyl (C=O) groups is 2. The molecule has 206 valence electrons. The predicted octanol–water partition coefficient (Wildman–Crippen LogP) is 6.45. The summed E-state index contributed by atoms with van der Waals surface area (Å²) < 4.78 is 17.0. The second-order valence-electron chi connectivity index (χ2n) is 9.50. The van der Waals surface area contributed by atoms with E-state index in [1.165, 1.54) is 11.3 Å². The zero-order chi connectivity index (χ0) is 28.5. The molecule has 5 aromatic rings. The van der Waals surface area contributed by atoms with Crippen LogP contribution in [0.25, 0.3) is 10.2 Å². The zero-order valence-electron chi connectivity index (χ0n) is 22.7. The second kappa shape index (κ2) is 10.9. The van der Waals surface area contributed by atoms with Crippen LogP contribution in [0.15, 0.2) is 91.0 Å². The fourth-order valence-electron chi connectivity index (χ4n) is 5.25. The van der Waals surface area contributed by atoms with Gasteiger partial charge < -0.3 is 19.5 Å². The molecule has 0 spiro atoms. The van der Waals surface area contributed by atoms with Crippen LogP contribution in [0.1, 0.15) is 33.4 Å². The Morgan fingerprint density at radius 1 is 0.829 bits per heavy atom. The minimum Gasteiger partial charge on any atom is -0.497 e. The van der Waals surface area contributed by atoms with Gasteiger partial charge in [-0.05, 0) is 71.8 Å². The molecule has 9 heteroatoms. The highest BCUT2D eigenvalue weighted by Crippen LogP contribution is 2.46. The number of nitrogens with zero attached hydrogens (tertiary/aromatic N) is 2. The summed E-state index contributed by atoms with van der Waals surface area (Å²) in [6.07, 6.45) is 0. The highest BCUT2D eigenvalue weighted by Gasteiger charge is 2.45. The molecule has 2 heterocycles. The lowest BCUT2D eigenvalue weighted by Crippen LogP contribution is -2.46. The number of hydrogen-bond acceptors (Lipinski definition) is 7. The lowest BCUT2D eigenvalue weighted by molar-refractivity contribution is -0.118. The molecule has 2 amide bonds. The molecule has 1 aromatic heterocycles. The van der Waals surface area contributed by atoms with Crippen molar-refractivity contribution in [2.45, 2.75) is 12.0 Å². The van der Waals surface area contributed by atoms with Gasteiger partial charge in [0.05, 0.1) is 43.5 Å². The van der Waals surface area contributed by atoms with Gasteiger partial charge in [0.25, 0.3) is 5.91 Å². The van der Waals surface area contributed by atoms with Crippen LogP contribution in [0.4, 0.5) is 10.8 Å². The maximum absolute atomic E-state index is 14.3. The van der Waals surface area contributed by atoms with E-state index in [0.29, 0.717) is 39.2 Å². The van der Waals surface area contributed by atoms with Crippen LogP contribution in [0.5, 0.6) is 17.2 Å². The normalized spacial score (nSPS) is 16.3. The molecule has 2 atom stereocenters. The summed E-state index contributed by atoms with van der Waals surface area (Å²) in [4.78, 5) is 34.7. The van der Waals surface area contributed by atoms with Crippen LogP contribution < -0.4 is 24.4 Å². The van der Waals surface area contributed by atoms with E-state index in [-0.39, 0.29) is 11.8 Å². The van der Waals surface area contributed by atoms with E-state index < -0.39 is 12.0 Å². The molecule has 1 N–H and O–H groups in total. The van der Waals surface area contributed by atoms with Crippen molar-refractivity contribution in [3.05, 3.63) is 108 Å². The summed E-state index contributed by atoms with van der Waals surface area (Å²) in [6.45, 7) is 0. The van der Waals surface area contributed by atoms with Crippen molar-refractivity contribution >= 4 is 44.2 Å². The lowest BCUT2D eigenvalue weighted by Gasteiger charge is -2.41. The largest absolute Gasteiger partial charge is 0.497 e. The third-order valence-corrected chi connectivity index (χ3v) is 8.19. The van der Waals surface area contributed by atoms with Gasteiger partial charge in [-0.1, -0.05) is 41.7 Å². The molecule has 0 radical (unpaired) electrons.